The zero-order valence-electron chi connectivity index (χ0n) is 15.5. The van der Waals surface area contributed by atoms with Crippen LogP contribution in [0.3, 0.4) is 0 Å². The maximum absolute atomic E-state index is 13.7. The lowest BCUT2D eigenvalue weighted by molar-refractivity contribution is 0.0950. The first-order chi connectivity index (χ1) is 12.5. The van der Waals surface area contributed by atoms with Gasteiger partial charge in [0, 0.05) is 44.8 Å². The number of likely N-dealkylation sites (N-methyl/N-ethyl adjacent to an activating group) is 1. The minimum absolute atomic E-state index is 0.252. The van der Waals surface area contributed by atoms with Gasteiger partial charge in [0.1, 0.15) is 5.82 Å². The largest absolute Gasteiger partial charge is 0.348 e. The molecule has 2 aromatic carbocycles. The van der Waals surface area contributed by atoms with Crippen molar-refractivity contribution in [1.82, 2.24) is 15.1 Å². The van der Waals surface area contributed by atoms with E-state index in [1.54, 1.807) is 19.1 Å². The molecule has 1 heterocycles. The zero-order chi connectivity index (χ0) is 18.5. The molecule has 138 valence electrons. The topological polar surface area (TPSA) is 35.6 Å². The zero-order valence-corrected chi connectivity index (χ0v) is 15.5. The second kappa shape index (κ2) is 8.43. The molecule has 0 bridgehead atoms. The molecule has 1 N–H and O–H groups in total. The molecule has 1 saturated heterocycles. The summed E-state index contributed by atoms with van der Waals surface area (Å²) in [5.41, 5.74) is 3.23. The van der Waals surface area contributed by atoms with E-state index in [9.17, 15) is 9.18 Å². The molecule has 26 heavy (non-hydrogen) atoms. The number of halogens is 1. The summed E-state index contributed by atoms with van der Waals surface area (Å²) in [6, 6.07) is 12.8. The van der Waals surface area contributed by atoms with Crippen LogP contribution < -0.4 is 5.32 Å². The van der Waals surface area contributed by atoms with Gasteiger partial charge < -0.3 is 10.2 Å². The molecule has 0 radical (unpaired) electrons. The fraction of sp³-hybridized carbons (Fsp3) is 0.381. The third-order valence-electron chi connectivity index (χ3n) is 4.98. The first-order valence-electron chi connectivity index (χ1n) is 9.05. The Morgan fingerprint density at radius 2 is 1.77 bits per heavy atom. The van der Waals surface area contributed by atoms with Crippen LogP contribution in [-0.4, -0.2) is 48.9 Å². The Labute approximate surface area is 154 Å². The lowest BCUT2D eigenvalue weighted by Crippen LogP contribution is -2.44. The molecule has 0 aliphatic carbocycles. The van der Waals surface area contributed by atoms with Crippen LogP contribution in [0.4, 0.5) is 4.39 Å². The molecule has 4 nitrogen and oxygen atoms in total. The summed E-state index contributed by atoms with van der Waals surface area (Å²) in [6.45, 7) is 7.29. The lowest BCUT2D eigenvalue weighted by atomic mass is 10.1. The molecule has 0 saturated carbocycles. The second-order valence-electron chi connectivity index (χ2n) is 6.99. The summed E-state index contributed by atoms with van der Waals surface area (Å²) in [6.07, 6.45) is 0. The van der Waals surface area contributed by atoms with Crippen molar-refractivity contribution < 1.29 is 9.18 Å². The number of rotatable bonds is 5. The Balaban J connectivity index is 1.62. The highest BCUT2D eigenvalue weighted by atomic mass is 19.1. The second-order valence-corrected chi connectivity index (χ2v) is 6.99. The summed E-state index contributed by atoms with van der Waals surface area (Å²) < 4.78 is 13.7. The monoisotopic (exact) mass is 355 g/mol. The predicted octanol–water partition coefficient (Wildman–Crippen LogP) is 2.81. The summed E-state index contributed by atoms with van der Waals surface area (Å²) in [5.74, 6) is -0.605. The quantitative estimate of drug-likeness (QED) is 0.896. The summed E-state index contributed by atoms with van der Waals surface area (Å²) in [4.78, 5) is 17.1. The van der Waals surface area contributed by atoms with Crippen molar-refractivity contribution in [3.63, 3.8) is 0 Å². The van der Waals surface area contributed by atoms with Gasteiger partial charge in [-0.25, -0.2) is 4.39 Å². The van der Waals surface area contributed by atoms with Gasteiger partial charge in [0.05, 0.1) is 0 Å². The van der Waals surface area contributed by atoms with Crippen molar-refractivity contribution in [3.8, 4) is 0 Å². The van der Waals surface area contributed by atoms with Gasteiger partial charge in [0.15, 0.2) is 0 Å². The number of carbonyl (C=O) groups excluding carboxylic acids is 1. The molecule has 2 aromatic rings. The predicted molar refractivity (Wildman–Crippen MR) is 102 cm³/mol. The third-order valence-corrected chi connectivity index (χ3v) is 4.98. The molecular weight excluding hydrogens is 329 g/mol. The number of piperazine rings is 1. The molecule has 1 aliphatic rings. The lowest BCUT2D eigenvalue weighted by Gasteiger charge is -2.32. The highest BCUT2D eigenvalue weighted by Crippen LogP contribution is 2.14. The van der Waals surface area contributed by atoms with E-state index in [-0.39, 0.29) is 11.7 Å². The van der Waals surface area contributed by atoms with E-state index in [0.29, 0.717) is 17.7 Å². The van der Waals surface area contributed by atoms with Crippen molar-refractivity contribution in [2.24, 2.45) is 0 Å². The fourth-order valence-corrected chi connectivity index (χ4v) is 3.14. The molecule has 5 heteroatoms. The Kier molecular flexibility index (Phi) is 6.01. The van der Waals surface area contributed by atoms with Crippen molar-refractivity contribution >= 4 is 5.91 Å². The van der Waals surface area contributed by atoms with E-state index in [0.717, 1.165) is 38.3 Å². The van der Waals surface area contributed by atoms with Crippen molar-refractivity contribution in [2.45, 2.75) is 20.0 Å². The summed E-state index contributed by atoms with van der Waals surface area (Å²) in [5, 5.41) is 2.91. The van der Waals surface area contributed by atoms with Crippen LogP contribution in [0, 0.1) is 12.7 Å². The number of nitrogens with zero attached hydrogens (tertiary/aromatic N) is 2. The van der Waals surface area contributed by atoms with Crippen LogP contribution in [0.1, 0.15) is 27.0 Å². The third kappa shape index (κ3) is 4.68. The van der Waals surface area contributed by atoms with E-state index in [2.05, 4.69) is 28.2 Å². The Morgan fingerprint density at radius 1 is 1.08 bits per heavy atom. The van der Waals surface area contributed by atoms with E-state index < -0.39 is 0 Å². The van der Waals surface area contributed by atoms with Crippen LogP contribution in [-0.2, 0) is 13.1 Å². The molecule has 0 unspecified atom stereocenters. The number of carbonyl (C=O) groups is 1. The molecule has 0 spiro atoms. The number of hydrogen-bond donors (Lipinski definition) is 1. The minimum atomic E-state index is -0.354. The van der Waals surface area contributed by atoms with Crippen LogP contribution in [0.25, 0.3) is 0 Å². The molecular formula is C21H26FN3O. The Bertz CT molecular complexity index is 770. The van der Waals surface area contributed by atoms with Gasteiger partial charge in [0.2, 0.25) is 0 Å². The van der Waals surface area contributed by atoms with E-state index in [1.165, 1.54) is 11.6 Å². The van der Waals surface area contributed by atoms with Crippen LogP contribution in [0.15, 0.2) is 42.5 Å². The van der Waals surface area contributed by atoms with Gasteiger partial charge in [-0.1, -0.05) is 30.3 Å². The van der Waals surface area contributed by atoms with Gasteiger partial charge in [-0.05, 0) is 42.8 Å². The minimum Gasteiger partial charge on any atom is -0.348 e. The van der Waals surface area contributed by atoms with E-state index in [1.807, 2.05) is 18.2 Å². The SMILES string of the molecule is Cc1ccc(C(=O)NCc2ccccc2CN2CCN(C)CC2)cc1F. The molecule has 1 amide bonds. The van der Waals surface area contributed by atoms with Crippen molar-refractivity contribution in [3.05, 3.63) is 70.5 Å². The first-order valence-corrected chi connectivity index (χ1v) is 9.05. The maximum atomic E-state index is 13.7. The average Bonchev–Trinajstić information content (AvgIpc) is 2.65. The molecule has 0 atom stereocenters. The average molecular weight is 355 g/mol. The number of benzene rings is 2. The van der Waals surface area contributed by atoms with Gasteiger partial charge in [-0.2, -0.15) is 0 Å². The van der Waals surface area contributed by atoms with Crippen LogP contribution >= 0.6 is 0 Å². The molecule has 0 aromatic heterocycles. The van der Waals surface area contributed by atoms with Crippen LogP contribution in [0.5, 0.6) is 0 Å². The van der Waals surface area contributed by atoms with Gasteiger partial charge in [-0.15, -0.1) is 0 Å². The standard InChI is InChI=1S/C21H26FN3O/c1-16-7-8-17(13-20(16)22)21(26)23-14-18-5-3-4-6-19(18)15-25-11-9-24(2)10-12-25/h3-8,13H,9-12,14-15H2,1-2H3,(H,23,26). The van der Waals surface area contributed by atoms with Crippen LogP contribution in [0.2, 0.25) is 0 Å². The number of amides is 1. The van der Waals surface area contributed by atoms with Gasteiger partial charge in [0.25, 0.3) is 5.91 Å². The van der Waals surface area contributed by atoms with E-state index in [4.69, 9.17) is 0 Å². The molecule has 1 aliphatic heterocycles. The van der Waals surface area contributed by atoms with E-state index >= 15 is 0 Å². The Hall–Kier alpha value is -2.24. The van der Waals surface area contributed by atoms with Gasteiger partial charge >= 0.3 is 0 Å². The smallest absolute Gasteiger partial charge is 0.251 e. The number of aryl methyl sites for hydroxylation is 1. The van der Waals surface area contributed by atoms with Crippen molar-refractivity contribution in [1.29, 1.82) is 0 Å². The number of nitrogens with one attached hydrogen (secondary N) is 1. The van der Waals surface area contributed by atoms with Gasteiger partial charge in [-0.3, -0.25) is 9.69 Å². The highest BCUT2D eigenvalue weighted by Gasteiger charge is 2.15. The first kappa shape index (κ1) is 18.5. The molecule has 3 rings (SSSR count). The van der Waals surface area contributed by atoms with Crippen molar-refractivity contribution in [2.75, 3.05) is 33.2 Å². The fourth-order valence-electron chi connectivity index (χ4n) is 3.14. The maximum Gasteiger partial charge on any atom is 0.251 e. The Morgan fingerprint density at radius 3 is 2.46 bits per heavy atom. The normalized spacial score (nSPS) is 15.8. The molecule has 1 fully saturated rings. The summed E-state index contributed by atoms with van der Waals surface area (Å²) >= 11 is 0. The number of hydrogen-bond acceptors (Lipinski definition) is 3. The highest BCUT2D eigenvalue weighted by molar-refractivity contribution is 5.94. The summed E-state index contributed by atoms with van der Waals surface area (Å²) in [7, 11) is 2.15.